The van der Waals surface area contributed by atoms with Crippen LogP contribution in [0.15, 0.2) is 39.9 Å². The van der Waals surface area contributed by atoms with Gasteiger partial charge in [0.2, 0.25) is 0 Å². The molecule has 17 heavy (non-hydrogen) atoms. The predicted molar refractivity (Wildman–Crippen MR) is 68.8 cm³/mol. The summed E-state index contributed by atoms with van der Waals surface area (Å²) in [6.45, 7) is 1.97. The first kappa shape index (κ1) is 11.9. The lowest BCUT2D eigenvalue weighted by Gasteiger charge is -2.08. The van der Waals surface area contributed by atoms with Gasteiger partial charge in [-0.1, -0.05) is 15.9 Å². The largest absolute Gasteiger partial charge is 0.477 e. The van der Waals surface area contributed by atoms with Crippen LogP contribution >= 0.6 is 15.9 Å². The van der Waals surface area contributed by atoms with Crippen molar-refractivity contribution in [3.05, 3.63) is 51.0 Å². The van der Waals surface area contributed by atoms with Gasteiger partial charge < -0.3 is 4.74 Å². The van der Waals surface area contributed by atoms with Crippen LogP contribution in [0.5, 0.6) is 5.88 Å². The Bertz CT molecular complexity index is 608. The number of benzene rings is 1. The van der Waals surface area contributed by atoms with Gasteiger partial charge in [0.15, 0.2) is 0 Å². The molecule has 1 heterocycles. The van der Waals surface area contributed by atoms with E-state index < -0.39 is 0 Å². The number of hydrogen-bond acceptors (Lipinski definition) is 3. The maximum Gasteiger partial charge on any atom is 0.317 e. The summed E-state index contributed by atoms with van der Waals surface area (Å²) in [5.74, 6) is 0.0908. The number of halogens is 1. The molecule has 0 aliphatic heterocycles. The normalized spacial score (nSPS) is 10.3. The highest BCUT2D eigenvalue weighted by atomic mass is 79.9. The van der Waals surface area contributed by atoms with Gasteiger partial charge in [-0.15, -0.1) is 0 Å². The Hall–Kier alpha value is -1.62. The average Bonchev–Trinajstić information content (AvgIpc) is 2.33. The Morgan fingerprint density at radius 1 is 1.41 bits per heavy atom. The number of aryl methyl sites for hydroxylation is 1. The highest BCUT2D eigenvalue weighted by Gasteiger charge is 2.06. The van der Waals surface area contributed by atoms with E-state index in [9.17, 15) is 4.79 Å². The number of methoxy groups -OCH3 is 1. The van der Waals surface area contributed by atoms with Gasteiger partial charge in [0.25, 0.3) is 5.88 Å². The minimum atomic E-state index is -0.267. The molecule has 0 aliphatic rings. The van der Waals surface area contributed by atoms with Crippen molar-refractivity contribution in [3.63, 3.8) is 0 Å². The van der Waals surface area contributed by atoms with E-state index in [4.69, 9.17) is 4.74 Å². The van der Waals surface area contributed by atoms with Gasteiger partial charge in [-0.25, -0.2) is 4.98 Å². The Morgan fingerprint density at radius 2 is 2.18 bits per heavy atom. The van der Waals surface area contributed by atoms with Crippen LogP contribution < -0.4 is 10.3 Å². The minimum absolute atomic E-state index is 0.0908. The van der Waals surface area contributed by atoms with Crippen molar-refractivity contribution in [1.82, 2.24) is 9.55 Å². The van der Waals surface area contributed by atoms with Crippen LogP contribution in [0.4, 0.5) is 0 Å². The predicted octanol–water partition coefficient (Wildman–Crippen LogP) is 2.31. The van der Waals surface area contributed by atoms with Crippen LogP contribution in [0.1, 0.15) is 5.56 Å². The van der Waals surface area contributed by atoms with Gasteiger partial charge in [0.1, 0.15) is 0 Å². The summed E-state index contributed by atoms with van der Waals surface area (Å²) >= 11 is 3.42. The third-order valence-electron chi connectivity index (χ3n) is 2.42. The third kappa shape index (κ3) is 2.24. The van der Waals surface area contributed by atoms with Crippen molar-refractivity contribution in [2.45, 2.75) is 6.92 Å². The van der Waals surface area contributed by atoms with E-state index in [1.165, 1.54) is 17.9 Å². The van der Waals surface area contributed by atoms with Crippen LogP contribution in [0.25, 0.3) is 5.69 Å². The molecule has 0 saturated heterocycles. The third-order valence-corrected chi connectivity index (χ3v) is 3.31. The van der Waals surface area contributed by atoms with Gasteiger partial charge in [-0.3, -0.25) is 9.36 Å². The summed E-state index contributed by atoms with van der Waals surface area (Å²) < 4.78 is 7.42. The molecule has 2 aromatic rings. The zero-order chi connectivity index (χ0) is 12.4. The van der Waals surface area contributed by atoms with Crippen molar-refractivity contribution >= 4 is 15.9 Å². The molecular formula is C12H11BrN2O2. The van der Waals surface area contributed by atoms with Crippen molar-refractivity contribution in [2.24, 2.45) is 0 Å². The average molecular weight is 295 g/mol. The fourth-order valence-electron chi connectivity index (χ4n) is 1.52. The fraction of sp³-hybridized carbons (Fsp3) is 0.167. The van der Waals surface area contributed by atoms with Crippen LogP contribution in [-0.2, 0) is 0 Å². The molecule has 0 aliphatic carbocycles. The summed E-state index contributed by atoms with van der Waals surface area (Å²) in [7, 11) is 1.43. The smallest absolute Gasteiger partial charge is 0.317 e. The lowest BCUT2D eigenvalue weighted by atomic mass is 10.2. The number of nitrogens with zero attached hydrogens (tertiary/aromatic N) is 2. The summed E-state index contributed by atoms with van der Waals surface area (Å²) in [5.41, 5.74) is 1.58. The van der Waals surface area contributed by atoms with E-state index in [0.29, 0.717) is 0 Å². The molecule has 0 saturated carbocycles. The first-order valence-electron chi connectivity index (χ1n) is 5.01. The molecule has 0 amide bonds. The summed E-state index contributed by atoms with van der Waals surface area (Å²) in [4.78, 5) is 15.8. The highest BCUT2D eigenvalue weighted by Crippen LogP contribution is 2.18. The number of hydrogen-bond donors (Lipinski definition) is 0. The maximum absolute atomic E-state index is 12.0. The molecule has 0 bridgehead atoms. The zero-order valence-corrected chi connectivity index (χ0v) is 11.1. The van der Waals surface area contributed by atoms with E-state index in [0.717, 1.165) is 15.7 Å². The van der Waals surface area contributed by atoms with Gasteiger partial charge in [0.05, 0.1) is 7.11 Å². The van der Waals surface area contributed by atoms with E-state index in [-0.39, 0.29) is 11.4 Å². The lowest BCUT2D eigenvalue weighted by Crippen LogP contribution is -2.20. The second-order valence-corrected chi connectivity index (χ2v) is 4.40. The molecule has 0 fully saturated rings. The van der Waals surface area contributed by atoms with E-state index in [2.05, 4.69) is 20.9 Å². The molecular weight excluding hydrogens is 284 g/mol. The van der Waals surface area contributed by atoms with Crippen LogP contribution in [0.3, 0.4) is 0 Å². The first-order valence-corrected chi connectivity index (χ1v) is 5.81. The van der Waals surface area contributed by atoms with E-state index in [1.54, 1.807) is 6.20 Å². The first-order chi connectivity index (χ1) is 8.13. The van der Waals surface area contributed by atoms with Crippen molar-refractivity contribution in [3.8, 4) is 11.6 Å². The Morgan fingerprint density at radius 3 is 2.82 bits per heavy atom. The molecule has 0 unspecified atom stereocenters. The molecule has 1 aromatic heterocycles. The number of rotatable bonds is 2. The fourth-order valence-corrected chi connectivity index (χ4v) is 1.76. The lowest BCUT2D eigenvalue weighted by molar-refractivity contribution is 0.388. The molecule has 0 N–H and O–H groups in total. The zero-order valence-electron chi connectivity index (χ0n) is 9.48. The van der Waals surface area contributed by atoms with Crippen molar-refractivity contribution in [2.75, 3.05) is 7.11 Å². The molecule has 0 spiro atoms. The monoisotopic (exact) mass is 294 g/mol. The second-order valence-electron chi connectivity index (χ2n) is 3.55. The van der Waals surface area contributed by atoms with Crippen molar-refractivity contribution in [1.29, 1.82) is 0 Å². The second kappa shape index (κ2) is 4.71. The summed E-state index contributed by atoms with van der Waals surface area (Å²) in [6, 6.07) is 5.69. The minimum Gasteiger partial charge on any atom is -0.477 e. The molecule has 5 heteroatoms. The van der Waals surface area contributed by atoms with Gasteiger partial charge in [-0.05, 0) is 30.7 Å². The topological polar surface area (TPSA) is 44.1 Å². The van der Waals surface area contributed by atoms with E-state index in [1.807, 2.05) is 25.1 Å². The molecule has 88 valence electrons. The van der Waals surface area contributed by atoms with E-state index >= 15 is 0 Å². The SMILES string of the molecule is COc1nccn(-c2ccc(Br)c(C)c2)c1=O. The molecule has 4 nitrogen and oxygen atoms in total. The number of ether oxygens (including phenoxy) is 1. The standard InChI is InChI=1S/C12H11BrN2O2/c1-8-7-9(3-4-10(8)13)15-6-5-14-11(17-2)12(15)16/h3-7H,1-2H3. The molecule has 1 aromatic carbocycles. The highest BCUT2D eigenvalue weighted by molar-refractivity contribution is 9.10. The molecule has 2 rings (SSSR count). The number of aromatic nitrogens is 2. The molecule has 0 radical (unpaired) electrons. The van der Waals surface area contributed by atoms with Gasteiger partial charge >= 0.3 is 5.56 Å². The van der Waals surface area contributed by atoms with Gasteiger partial charge in [0, 0.05) is 22.6 Å². The Labute approximate surface area is 107 Å². The van der Waals surface area contributed by atoms with Crippen LogP contribution in [0.2, 0.25) is 0 Å². The summed E-state index contributed by atoms with van der Waals surface area (Å²) in [6.07, 6.45) is 3.16. The van der Waals surface area contributed by atoms with Crippen LogP contribution in [-0.4, -0.2) is 16.7 Å². The maximum atomic E-state index is 12.0. The Balaban J connectivity index is 2.61. The van der Waals surface area contributed by atoms with Crippen molar-refractivity contribution < 1.29 is 4.74 Å². The quantitative estimate of drug-likeness (QED) is 0.854. The van der Waals surface area contributed by atoms with Crippen LogP contribution in [0, 0.1) is 6.92 Å². The van der Waals surface area contributed by atoms with Gasteiger partial charge in [-0.2, -0.15) is 0 Å². The summed E-state index contributed by atoms with van der Waals surface area (Å²) in [5, 5.41) is 0. The molecule has 0 atom stereocenters. The Kier molecular flexibility index (Phi) is 3.28.